The Kier molecular flexibility index (Phi) is 30.2. The maximum Gasteiger partial charge on any atom is 0.411 e. The minimum atomic E-state index is -4.79. The number of benzene rings is 6. The molecule has 8 N–H and O–H groups in total. The van der Waals surface area contributed by atoms with Crippen LogP contribution in [0.2, 0.25) is 15.1 Å². The Morgan fingerprint density at radius 2 is 0.747 bits per heavy atom. The minimum Gasteiger partial charge on any atom is -0.463 e. The van der Waals surface area contributed by atoms with Crippen molar-refractivity contribution in [2.24, 2.45) is 54.3 Å². The third-order valence-corrected chi connectivity index (χ3v) is 25.8. The lowest BCUT2D eigenvalue weighted by Crippen LogP contribution is -2.54. The zero-order valence-corrected chi connectivity index (χ0v) is 84.7. The predicted octanol–water partition coefficient (Wildman–Crippen LogP) is 19.0. The first-order valence-electron chi connectivity index (χ1n) is 46.8. The van der Waals surface area contributed by atoms with Gasteiger partial charge < -0.3 is 42.0 Å². The van der Waals surface area contributed by atoms with Crippen LogP contribution in [-0.2, 0) is 50.0 Å². The van der Waals surface area contributed by atoms with Gasteiger partial charge in [-0.3, -0.25) is 38.6 Å². The van der Waals surface area contributed by atoms with Gasteiger partial charge in [0.25, 0.3) is 17.7 Å². The smallest absolute Gasteiger partial charge is 0.411 e. The second-order valence-corrected chi connectivity index (χ2v) is 42.9. The minimum absolute atomic E-state index is 0.0615. The molecule has 2 saturated carbocycles. The van der Waals surface area contributed by atoms with Crippen molar-refractivity contribution in [3.05, 3.63) is 251 Å². The number of carbonyl (C=O) groups is 6. The monoisotopic (exact) mass is 2070 g/mol. The summed E-state index contributed by atoms with van der Waals surface area (Å²) in [6, 6.07) is 34.2. The van der Waals surface area contributed by atoms with Gasteiger partial charge in [-0.05, 0) is 188 Å². The van der Waals surface area contributed by atoms with Crippen molar-refractivity contribution in [1.29, 1.82) is 0 Å². The first-order chi connectivity index (χ1) is 68.7. The number of nitrogens with one attached hydrogen (secondary N) is 2. The summed E-state index contributed by atoms with van der Waals surface area (Å²) in [4.78, 5) is 113. The van der Waals surface area contributed by atoms with E-state index in [0.29, 0.717) is 111 Å². The highest BCUT2D eigenvalue weighted by atomic mass is 35.5. The van der Waals surface area contributed by atoms with Crippen molar-refractivity contribution in [2.45, 2.75) is 219 Å². The van der Waals surface area contributed by atoms with Crippen LogP contribution in [-0.4, -0.2) is 179 Å². The van der Waals surface area contributed by atoms with Crippen LogP contribution < -0.4 is 27.8 Å². The molecule has 6 aromatic heterocycles. The molecular formula is C101H112Cl3F7N26O9. The molecule has 0 unspecified atom stereocenters. The molecule has 12 aromatic rings. The zero-order chi connectivity index (χ0) is 105. The Labute approximate surface area is 851 Å². The van der Waals surface area contributed by atoms with E-state index in [1.807, 2.05) is 115 Å². The number of amides is 5. The second-order valence-electron chi connectivity index (χ2n) is 41.7. The van der Waals surface area contributed by atoms with Crippen LogP contribution in [0.5, 0.6) is 0 Å². The number of guanidine groups is 3. The van der Waals surface area contributed by atoms with Gasteiger partial charge in [-0.25, -0.2) is 62.9 Å². The van der Waals surface area contributed by atoms with Crippen molar-refractivity contribution in [3.63, 3.8) is 0 Å². The highest BCUT2D eigenvalue weighted by molar-refractivity contribution is 6.33. The summed E-state index contributed by atoms with van der Waals surface area (Å²) in [6.45, 7) is 18.4. The summed E-state index contributed by atoms with van der Waals surface area (Å²) in [6.07, 6.45) is 16.2. The molecule has 0 bridgehead atoms. The Balaban J connectivity index is 0.000000164. The Morgan fingerprint density at radius 1 is 0.425 bits per heavy atom. The molecule has 2 fully saturated rings. The number of nitrogens with zero attached hydrogens (tertiary/aromatic N) is 21. The van der Waals surface area contributed by atoms with E-state index in [4.69, 9.17) is 81.2 Å². The van der Waals surface area contributed by atoms with Crippen molar-refractivity contribution in [1.82, 2.24) is 99.0 Å². The van der Waals surface area contributed by atoms with Crippen LogP contribution in [0.25, 0.3) is 50.4 Å². The fourth-order valence-corrected chi connectivity index (χ4v) is 18.4. The van der Waals surface area contributed by atoms with Gasteiger partial charge in [0.2, 0.25) is 0 Å². The highest BCUT2D eigenvalue weighted by Gasteiger charge is 2.58. The number of nitrogens with two attached hydrogens (primary N) is 3. The van der Waals surface area contributed by atoms with Crippen LogP contribution in [0, 0.1) is 22.2 Å². The van der Waals surface area contributed by atoms with Gasteiger partial charge >= 0.3 is 37.4 Å². The van der Waals surface area contributed by atoms with Crippen molar-refractivity contribution >= 4 is 88.6 Å². The molecule has 6 atom stereocenters. The fourth-order valence-electron chi connectivity index (χ4n) is 17.7. The molecule has 3 aliphatic heterocycles. The summed E-state index contributed by atoms with van der Waals surface area (Å²) < 4.78 is 118. The van der Waals surface area contributed by atoms with E-state index < -0.39 is 107 Å². The fraction of sp³-hybridized carbons (Fsp3) is 0.406. The van der Waals surface area contributed by atoms with Gasteiger partial charge in [0.05, 0.1) is 74.9 Å². The van der Waals surface area contributed by atoms with E-state index >= 15 is 0 Å². The molecule has 5 amide bonds. The number of ether oxygens (including phenoxy) is 3. The molecule has 5 aliphatic rings. The van der Waals surface area contributed by atoms with Crippen molar-refractivity contribution in [2.75, 3.05) is 19.8 Å². The predicted molar refractivity (Wildman–Crippen MR) is 531 cm³/mol. The normalized spacial score (nSPS) is 18.4. The molecule has 6 aromatic carbocycles. The van der Waals surface area contributed by atoms with Crippen molar-refractivity contribution < 1.29 is 73.7 Å². The lowest BCUT2D eigenvalue weighted by atomic mass is 9.75. The number of carbonyl (C=O) groups excluding carboxylic acids is 6. The highest BCUT2D eigenvalue weighted by Crippen LogP contribution is 2.51. The summed E-state index contributed by atoms with van der Waals surface area (Å²) in [5.74, 6) is -1.48. The Hall–Kier alpha value is -14.4. The van der Waals surface area contributed by atoms with Gasteiger partial charge in [-0.15, -0.1) is 0 Å². The first-order valence-corrected chi connectivity index (χ1v) is 48.0. The second kappa shape index (κ2) is 41.6. The quantitative estimate of drug-likeness (QED) is 0.0159. The number of alkyl halides is 7. The molecule has 45 heteroatoms. The first kappa shape index (κ1) is 106. The standard InChI is InChI=1S/C35H39ClN8O3.C33H35ClF5N9O3.C33H38ClF2N9O3/c1-34(2,3)19-35(26-9-6-23(7-10-26)25-16-39-42(17-25)27-11-12-27)32(46)44(33(37)41-35)30(18-47-31(45)14-22-4-5-22)24-8-13-28(36)29(15-24)43-21-38-20-40-43;1-30(2,3)16-32(22-9-6-19(7-10-22)21-13-42-46(14-21)27(35)36)26(49)48(28(40)44-32)25(15-51-29(50)45-31(4,5)33(37,38)39)20-8-11-23(34)24(12-20)47-18-41-17-43-47;1-31(2,3)17-33(23-10-7-20(8-11-23)22-14-39-43(15-22)28(35)36)27(46)45(29(37)41-33)26(16-48-30(47)42-32(4,5)6)21-9-12-24(34)25(13-21)44-19-38-18-40-44/h6-10,13,15-17,20-22,27,30H,4-5,11-12,14,18-19H2,1-3H3,(H2,37,41);6-14,17-18,25,27H,15-16H2,1-5H3,(H2,40,44)(H,45,50);7-15,18-19,26,28H,16-17H2,1-6H3,(H2,37,41)(H,42,47)/t30-,35-;25-,32-;26-,33-/m111/s1. The largest absolute Gasteiger partial charge is 0.463 e. The topological polar surface area (TPSA) is 425 Å². The van der Waals surface area contributed by atoms with Crippen LogP contribution in [0.4, 0.5) is 40.3 Å². The summed E-state index contributed by atoms with van der Waals surface area (Å²) in [5.41, 5.74) is 20.0. The molecule has 2 aliphatic carbocycles. The number of hydrogen-bond donors (Lipinski definition) is 5. The molecule has 0 spiro atoms. The number of esters is 1. The number of hydrogen-bond acceptors (Lipinski definition) is 24. The van der Waals surface area contributed by atoms with Crippen LogP contribution in [0.1, 0.15) is 219 Å². The lowest BCUT2D eigenvalue weighted by molar-refractivity contribution is -0.183. The number of aliphatic imine (C=N–C) groups is 3. The Morgan fingerprint density at radius 3 is 1.03 bits per heavy atom. The van der Waals surface area contributed by atoms with Crippen molar-refractivity contribution in [3.8, 4) is 50.4 Å². The number of halogens is 10. The molecule has 770 valence electrons. The van der Waals surface area contributed by atoms with E-state index in [-0.39, 0.29) is 66.2 Å². The average Bonchev–Trinajstić information content (AvgIpc) is 1.58. The van der Waals surface area contributed by atoms with Crippen LogP contribution in [0.15, 0.2) is 218 Å². The zero-order valence-electron chi connectivity index (χ0n) is 82.4. The molecule has 0 radical (unpaired) electrons. The summed E-state index contributed by atoms with van der Waals surface area (Å²) in [5, 5.41) is 30.1. The van der Waals surface area contributed by atoms with Crippen LogP contribution in [0.3, 0.4) is 0 Å². The number of alkyl carbamates (subject to hydrolysis) is 2. The van der Waals surface area contributed by atoms with Gasteiger partial charge in [0, 0.05) is 47.2 Å². The summed E-state index contributed by atoms with van der Waals surface area (Å²) >= 11 is 19.6. The number of aromatic nitrogens is 15. The van der Waals surface area contributed by atoms with Crippen LogP contribution >= 0.6 is 34.8 Å². The molecule has 9 heterocycles. The maximum atomic E-state index is 14.9. The van der Waals surface area contributed by atoms with E-state index in [1.165, 1.54) is 81.7 Å². The van der Waals surface area contributed by atoms with E-state index in [9.17, 15) is 59.5 Å². The van der Waals surface area contributed by atoms with Gasteiger partial charge in [-0.1, -0.05) is 188 Å². The SMILES string of the molecule is CC(C)(C)C[C@]1(c2ccc(-c3cnn(C(F)F)c3)cc2)N=C(N)N([C@H](COC(=O)NC(C)(C)C(F)(F)F)c2ccc(Cl)c(-n3cncn3)c2)C1=O.CC(C)(C)C[C@]1(c2ccc(-c3cnn(C(F)F)c3)cc2)N=C(N)N([C@H](COC(=O)NC(C)(C)C)c2ccc(Cl)c(-n3cncn3)c2)C1=O.CC(C)(C)C[C@]1(c2ccc(-c3cnn(C4CC4)c3)cc2)N=C(N)N([C@H](COC(=O)CC2CC2)c2ccc(Cl)c(-n3cncn3)c2)C1=O. The average molecular weight is 2070 g/mol. The summed E-state index contributed by atoms with van der Waals surface area (Å²) in [7, 11) is 0. The molecular weight excluding hydrogens is 1960 g/mol. The van der Waals surface area contributed by atoms with Gasteiger partial charge in [-0.2, -0.15) is 61.3 Å². The van der Waals surface area contributed by atoms with E-state index in [1.54, 1.807) is 95.9 Å². The lowest BCUT2D eigenvalue weighted by Gasteiger charge is -2.35. The number of rotatable bonds is 30. The molecule has 0 saturated heterocycles. The molecule has 35 nitrogen and oxygen atoms in total. The maximum absolute atomic E-state index is 14.9. The molecule has 17 rings (SSSR count). The van der Waals surface area contributed by atoms with Gasteiger partial charge in [0.1, 0.15) is 63.3 Å². The van der Waals surface area contributed by atoms with Gasteiger partial charge in [0.15, 0.2) is 34.5 Å². The third-order valence-electron chi connectivity index (χ3n) is 24.8. The van der Waals surface area contributed by atoms with E-state index in [2.05, 4.69) is 77.8 Å². The third kappa shape index (κ3) is 23.9. The molecule has 146 heavy (non-hydrogen) atoms. The Bertz CT molecular complexity index is 6840. The van der Waals surface area contributed by atoms with E-state index in [0.717, 1.165) is 61.1 Å².